The smallest absolute Gasteiger partial charge is 0.131 e. The molecule has 0 saturated heterocycles. The topological polar surface area (TPSA) is 40.9 Å². The summed E-state index contributed by atoms with van der Waals surface area (Å²) in [5, 5.41) is 9.38. The number of hydrogen-bond acceptors (Lipinski definition) is 2. The largest absolute Gasteiger partial charge is 0.300 e. The van der Waals surface area contributed by atoms with Crippen molar-refractivity contribution in [1.82, 2.24) is 0 Å². The summed E-state index contributed by atoms with van der Waals surface area (Å²) in [6.07, 6.45) is 11.7. The molecule has 0 aromatic rings. The number of nitrogens with zero attached hydrogens (tertiary/aromatic N) is 1. The maximum Gasteiger partial charge on any atom is 0.131 e. The minimum absolute atomic E-state index is 0.174. The number of hydrogen-bond donors (Lipinski definition) is 0. The molecule has 2 nitrogen and oxygen atoms in total. The Bertz CT molecular complexity index is 327. The molecule has 100 valence electrons. The van der Waals surface area contributed by atoms with E-state index in [-0.39, 0.29) is 11.2 Å². The average Bonchev–Trinajstić information content (AvgIpc) is 2.40. The molecular weight excluding hydrogens is 222 g/mol. The summed E-state index contributed by atoms with van der Waals surface area (Å²) < 4.78 is 0. The predicted molar refractivity (Wildman–Crippen MR) is 71.9 cm³/mol. The Morgan fingerprint density at radius 3 is 2.17 bits per heavy atom. The predicted octanol–water partition coefficient (Wildman–Crippen LogP) is 4.25. The van der Waals surface area contributed by atoms with Crippen molar-refractivity contribution < 1.29 is 4.79 Å². The Hall–Kier alpha value is -0.840. The van der Waals surface area contributed by atoms with E-state index in [1.807, 2.05) is 0 Å². The summed E-state index contributed by atoms with van der Waals surface area (Å²) in [6, 6.07) is 2.45. The fraction of sp³-hybridized carbons (Fsp3) is 0.875. The summed E-state index contributed by atoms with van der Waals surface area (Å²) in [7, 11) is 0. The molecule has 0 spiro atoms. The molecule has 0 aromatic heterocycles. The zero-order chi connectivity index (χ0) is 13.0. The lowest BCUT2D eigenvalue weighted by molar-refractivity contribution is -0.119. The first-order chi connectivity index (χ1) is 8.65. The van der Waals surface area contributed by atoms with E-state index in [9.17, 15) is 10.1 Å². The molecule has 0 radical (unpaired) electrons. The van der Waals surface area contributed by atoms with Crippen LogP contribution < -0.4 is 0 Å². The summed E-state index contributed by atoms with van der Waals surface area (Å²) >= 11 is 0. The summed E-state index contributed by atoms with van der Waals surface area (Å²) in [6.45, 7) is 1.62. The molecule has 0 bridgehead atoms. The van der Waals surface area contributed by atoms with Crippen molar-refractivity contribution in [3.8, 4) is 6.07 Å². The molecule has 0 aliphatic heterocycles. The van der Waals surface area contributed by atoms with Gasteiger partial charge < -0.3 is 0 Å². The van der Waals surface area contributed by atoms with E-state index in [1.165, 1.54) is 44.9 Å². The van der Waals surface area contributed by atoms with Crippen molar-refractivity contribution in [3.63, 3.8) is 0 Å². The molecule has 2 aliphatic carbocycles. The molecule has 0 unspecified atom stereocenters. The van der Waals surface area contributed by atoms with Gasteiger partial charge in [-0.1, -0.05) is 32.1 Å². The highest BCUT2D eigenvalue weighted by molar-refractivity contribution is 5.76. The lowest BCUT2D eigenvalue weighted by Gasteiger charge is -2.39. The maximum atomic E-state index is 11.3. The number of carbonyl (C=O) groups excluding carboxylic acids is 1. The van der Waals surface area contributed by atoms with Crippen molar-refractivity contribution in [2.45, 2.75) is 71.1 Å². The van der Waals surface area contributed by atoms with Gasteiger partial charge >= 0.3 is 0 Å². The van der Waals surface area contributed by atoms with Crippen molar-refractivity contribution in [2.75, 3.05) is 0 Å². The molecule has 0 atom stereocenters. The molecule has 2 saturated carbocycles. The van der Waals surface area contributed by atoms with E-state index in [2.05, 4.69) is 6.07 Å². The van der Waals surface area contributed by atoms with E-state index in [0.29, 0.717) is 6.42 Å². The molecule has 2 heteroatoms. The van der Waals surface area contributed by atoms with Crippen molar-refractivity contribution in [2.24, 2.45) is 17.3 Å². The lowest BCUT2D eigenvalue weighted by Crippen LogP contribution is -2.31. The van der Waals surface area contributed by atoms with Crippen LogP contribution in [0.5, 0.6) is 0 Å². The monoisotopic (exact) mass is 247 g/mol. The van der Waals surface area contributed by atoms with E-state index in [1.54, 1.807) is 6.92 Å². The number of ketones is 1. The fourth-order valence-electron chi connectivity index (χ4n) is 4.07. The zero-order valence-electron chi connectivity index (χ0n) is 11.6. The molecule has 2 rings (SSSR count). The third-order valence-corrected chi connectivity index (χ3v) is 5.13. The molecule has 0 N–H and O–H groups in total. The second-order valence-electron chi connectivity index (χ2n) is 6.51. The number of rotatable bonds is 3. The Morgan fingerprint density at radius 1 is 1.11 bits per heavy atom. The van der Waals surface area contributed by atoms with Gasteiger partial charge in [-0.15, -0.1) is 0 Å². The van der Waals surface area contributed by atoms with Gasteiger partial charge in [0, 0.05) is 6.42 Å². The Balaban J connectivity index is 1.89. The van der Waals surface area contributed by atoms with Crippen LogP contribution in [0.15, 0.2) is 0 Å². The van der Waals surface area contributed by atoms with E-state index in [4.69, 9.17) is 0 Å². The second-order valence-corrected chi connectivity index (χ2v) is 6.51. The summed E-state index contributed by atoms with van der Waals surface area (Å²) in [5.41, 5.74) is -0.322. The molecule has 2 fully saturated rings. The summed E-state index contributed by atoms with van der Waals surface area (Å²) in [5.74, 6) is 1.92. The number of carbonyl (C=O) groups is 1. The number of nitriles is 1. The highest BCUT2D eigenvalue weighted by atomic mass is 16.1. The van der Waals surface area contributed by atoms with Crippen LogP contribution in [-0.2, 0) is 4.79 Å². The first kappa shape index (κ1) is 13.6. The molecule has 0 amide bonds. The van der Waals surface area contributed by atoms with Gasteiger partial charge in [0.1, 0.15) is 5.78 Å². The zero-order valence-corrected chi connectivity index (χ0v) is 11.6. The standard InChI is InChI=1S/C16H25NO/c1-13(18)11-16(12-17)9-7-15(8-10-16)14-5-3-2-4-6-14/h14-15H,2-11H2,1H3. The van der Waals surface area contributed by atoms with Crippen molar-refractivity contribution in [3.05, 3.63) is 0 Å². The highest BCUT2D eigenvalue weighted by Crippen LogP contribution is 2.46. The SMILES string of the molecule is CC(=O)CC1(C#N)CCC(C2CCCCC2)CC1. The van der Waals surface area contributed by atoms with Crippen molar-refractivity contribution >= 4 is 5.78 Å². The fourth-order valence-corrected chi connectivity index (χ4v) is 4.07. The van der Waals surface area contributed by atoms with Crippen LogP contribution in [0.4, 0.5) is 0 Å². The van der Waals surface area contributed by atoms with Gasteiger partial charge in [0.05, 0.1) is 11.5 Å². The van der Waals surface area contributed by atoms with E-state index < -0.39 is 0 Å². The third-order valence-electron chi connectivity index (χ3n) is 5.13. The minimum Gasteiger partial charge on any atom is -0.300 e. The van der Waals surface area contributed by atoms with Crippen LogP contribution in [0, 0.1) is 28.6 Å². The molecule has 2 aliphatic rings. The Kier molecular flexibility index (Phi) is 4.43. The van der Waals surface area contributed by atoms with Crippen LogP contribution in [0.2, 0.25) is 0 Å². The normalized spacial score (nSPS) is 33.9. The van der Waals surface area contributed by atoms with Crippen LogP contribution >= 0.6 is 0 Å². The highest BCUT2D eigenvalue weighted by Gasteiger charge is 2.38. The van der Waals surface area contributed by atoms with Gasteiger partial charge in [-0.05, 0) is 44.4 Å². The van der Waals surface area contributed by atoms with Crippen LogP contribution in [0.25, 0.3) is 0 Å². The minimum atomic E-state index is -0.322. The first-order valence-corrected chi connectivity index (χ1v) is 7.56. The molecule has 0 heterocycles. The third kappa shape index (κ3) is 3.13. The first-order valence-electron chi connectivity index (χ1n) is 7.56. The Labute approximate surface area is 111 Å². The van der Waals surface area contributed by atoms with E-state index in [0.717, 1.165) is 24.7 Å². The van der Waals surface area contributed by atoms with Gasteiger partial charge in [0.2, 0.25) is 0 Å². The quantitative estimate of drug-likeness (QED) is 0.748. The molecule has 0 aromatic carbocycles. The molecule has 18 heavy (non-hydrogen) atoms. The van der Waals surface area contributed by atoms with Crippen LogP contribution in [-0.4, -0.2) is 5.78 Å². The van der Waals surface area contributed by atoms with Gasteiger partial charge in [-0.25, -0.2) is 0 Å². The van der Waals surface area contributed by atoms with E-state index >= 15 is 0 Å². The molecular formula is C16H25NO. The maximum absolute atomic E-state index is 11.3. The van der Waals surface area contributed by atoms with Crippen LogP contribution in [0.3, 0.4) is 0 Å². The lowest BCUT2D eigenvalue weighted by atomic mass is 9.64. The van der Waals surface area contributed by atoms with Gasteiger partial charge in [-0.2, -0.15) is 5.26 Å². The van der Waals surface area contributed by atoms with Crippen LogP contribution in [0.1, 0.15) is 71.1 Å². The second kappa shape index (κ2) is 5.87. The summed E-state index contributed by atoms with van der Waals surface area (Å²) in [4.78, 5) is 11.3. The number of Topliss-reactive ketones (excluding diaryl/α,β-unsaturated/α-hetero) is 1. The van der Waals surface area contributed by atoms with Gasteiger partial charge in [0.25, 0.3) is 0 Å². The van der Waals surface area contributed by atoms with Gasteiger partial charge in [-0.3, -0.25) is 4.79 Å². The average molecular weight is 247 g/mol. The van der Waals surface area contributed by atoms with Gasteiger partial charge in [0.15, 0.2) is 0 Å². The Morgan fingerprint density at radius 2 is 1.67 bits per heavy atom. The van der Waals surface area contributed by atoms with Crippen molar-refractivity contribution in [1.29, 1.82) is 5.26 Å².